The van der Waals surface area contributed by atoms with Crippen LogP contribution >= 0.6 is 23.2 Å². The third-order valence-corrected chi connectivity index (χ3v) is 15.2. The number of halogens is 2. The Bertz CT molecular complexity index is 2220. The van der Waals surface area contributed by atoms with Crippen LogP contribution < -0.4 is 10.4 Å². The van der Waals surface area contributed by atoms with Crippen molar-refractivity contribution in [2.75, 3.05) is 25.0 Å². The molecule has 0 aliphatic rings. The fourth-order valence-electron chi connectivity index (χ4n) is 7.77. The molecule has 8 aromatic rings. The van der Waals surface area contributed by atoms with Crippen LogP contribution in [0, 0.1) is 10.8 Å². The molecule has 2 heterocycles. The summed E-state index contributed by atoms with van der Waals surface area (Å²) in [5.41, 5.74) is 3.93. The van der Waals surface area contributed by atoms with Crippen molar-refractivity contribution in [1.82, 2.24) is 9.13 Å². The third kappa shape index (κ3) is 6.71. The van der Waals surface area contributed by atoms with E-state index in [0.29, 0.717) is 38.1 Å². The van der Waals surface area contributed by atoms with Crippen LogP contribution in [0.5, 0.6) is 0 Å². The second-order valence-electron chi connectivity index (χ2n) is 15.1. The molecule has 0 aliphatic carbocycles. The molecule has 0 N–H and O–H groups in total. The SMILES string of the molecule is CC(CCl)(CO[Si](OCC(C)(CCl)Cn1c2ccccc2c2ccccc21)(c1ccccc1)c1ccccc1)Cn1c2ccccc2c2ccccc21. The highest BCUT2D eigenvalue weighted by Crippen LogP contribution is 2.35. The third-order valence-electron chi connectivity index (χ3n) is 10.6. The monoisotopic (exact) mass is 754 g/mol. The standard InChI is InChI=1S/C46H44Cl2N2O2Si/c1-45(29-47,31-49-41-25-13-9-21-37(41)38-22-10-14-26-42(38)49)33-51-53(35-17-5-3-6-18-35,36-19-7-4-8-20-36)52-34-46(2,30-48)32-50-43-27-15-11-23-39(43)40-24-12-16-28-44(40)50/h3-28H,29-34H2,1-2H3. The molecule has 7 heteroatoms. The van der Waals surface area contributed by atoms with E-state index in [0.717, 1.165) is 10.4 Å². The topological polar surface area (TPSA) is 28.3 Å². The molecule has 0 bridgehead atoms. The van der Waals surface area contributed by atoms with E-state index in [1.165, 1.54) is 43.6 Å². The zero-order valence-electron chi connectivity index (χ0n) is 30.2. The first kappa shape index (κ1) is 35.7. The Morgan fingerprint density at radius 2 is 0.717 bits per heavy atom. The van der Waals surface area contributed by atoms with Gasteiger partial charge in [-0.1, -0.05) is 147 Å². The fourth-order valence-corrected chi connectivity index (χ4v) is 11.5. The molecule has 0 fully saturated rings. The molecule has 0 saturated carbocycles. The molecule has 6 aromatic carbocycles. The van der Waals surface area contributed by atoms with Gasteiger partial charge in [-0.15, -0.1) is 23.2 Å². The Labute approximate surface area is 322 Å². The number of hydrogen-bond donors (Lipinski definition) is 0. The largest absolute Gasteiger partial charge is 0.407 e. The van der Waals surface area contributed by atoms with Crippen LogP contribution in [0.15, 0.2) is 158 Å². The minimum Gasteiger partial charge on any atom is -0.387 e. The summed E-state index contributed by atoms with van der Waals surface area (Å²) >= 11 is 13.9. The number of rotatable bonds is 14. The minimum absolute atomic E-state index is 0.401. The van der Waals surface area contributed by atoms with E-state index in [1.54, 1.807) is 0 Å². The van der Waals surface area contributed by atoms with Crippen molar-refractivity contribution in [3.8, 4) is 0 Å². The Balaban J connectivity index is 1.17. The lowest BCUT2D eigenvalue weighted by molar-refractivity contribution is 0.0882. The highest BCUT2D eigenvalue weighted by Gasteiger charge is 2.46. The number of hydrogen-bond acceptors (Lipinski definition) is 2. The van der Waals surface area contributed by atoms with Crippen molar-refractivity contribution in [3.63, 3.8) is 0 Å². The van der Waals surface area contributed by atoms with E-state index >= 15 is 0 Å². The Morgan fingerprint density at radius 1 is 0.434 bits per heavy atom. The van der Waals surface area contributed by atoms with Crippen molar-refractivity contribution in [3.05, 3.63) is 158 Å². The van der Waals surface area contributed by atoms with Crippen LogP contribution in [0.3, 0.4) is 0 Å². The van der Waals surface area contributed by atoms with Gasteiger partial charge >= 0.3 is 8.56 Å². The normalized spacial score (nSPS) is 14.6. The molecular weight excluding hydrogens is 712 g/mol. The summed E-state index contributed by atoms with van der Waals surface area (Å²) in [4.78, 5) is 0. The second-order valence-corrected chi connectivity index (χ2v) is 18.6. The maximum absolute atomic E-state index is 7.42. The zero-order chi connectivity index (χ0) is 36.5. The second kappa shape index (κ2) is 14.8. The van der Waals surface area contributed by atoms with E-state index in [-0.39, 0.29) is 0 Å². The van der Waals surface area contributed by atoms with Gasteiger partial charge in [0.15, 0.2) is 0 Å². The van der Waals surface area contributed by atoms with Gasteiger partial charge in [-0.25, -0.2) is 0 Å². The predicted octanol–water partition coefficient (Wildman–Crippen LogP) is 10.4. The van der Waals surface area contributed by atoms with Gasteiger partial charge in [0.1, 0.15) is 0 Å². The van der Waals surface area contributed by atoms with E-state index in [2.05, 4.69) is 169 Å². The first-order valence-corrected chi connectivity index (χ1v) is 21.2. The average molecular weight is 756 g/mol. The van der Waals surface area contributed by atoms with Crippen LogP contribution in [0.1, 0.15) is 13.8 Å². The molecular formula is C46H44Cl2N2O2Si. The highest BCUT2D eigenvalue weighted by atomic mass is 35.5. The van der Waals surface area contributed by atoms with Crippen molar-refractivity contribution < 1.29 is 8.85 Å². The van der Waals surface area contributed by atoms with Crippen molar-refractivity contribution >= 4 is 85.7 Å². The quantitative estimate of drug-likeness (QED) is 0.0817. The van der Waals surface area contributed by atoms with Gasteiger partial charge in [-0.05, 0) is 34.6 Å². The summed E-state index contributed by atoms with van der Waals surface area (Å²) in [7, 11) is -3.35. The summed E-state index contributed by atoms with van der Waals surface area (Å²) in [6.45, 7) is 6.63. The number of aromatic nitrogens is 2. The van der Waals surface area contributed by atoms with Crippen LogP contribution in [-0.4, -0.2) is 42.7 Å². The van der Waals surface area contributed by atoms with Crippen LogP contribution in [0.2, 0.25) is 0 Å². The Hall–Kier alpha value is -4.36. The highest BCUT2D eigenvalue weighted by molar-refractivity contribution is 6.92. The van der Waals surface area contributed by atoms with Crippen molar-refractivity contribution in [2.24, 2.45) is 10.8 Å². The summed E-state index contributed by atoms with van der Waals surface area (Å²) in [6.07, 6.45) is 0. The van der Waals surface area contributed by atoms with E-state index in [4.69, 9.17) is 32.1 Å². The number of nitrogens with zero attached hydrogens (tertiary/aromatic N) is 2. The summed E-state index contributed by atoms with van der Waals surface area (Å²) < 4.78 is 19.6. The Morgan fingerprint density at radius 3 is 1.02 bits per heavy atom. The van der Waals surface area contributed by atoms with Gasteiger partial charge in [-0.2, -0.15) is 0 Å². The summed E-state index contributed by atoms with van der Waals surface area (Å²) in [5.74, 6) is 0.824. The molecule has 0 radical (unpaired) electrons. The predicted molar refractivity (Wildman–Crippen MR) is 226 cm³/mol. The number of alkyl halides is 2. The first-order valence-electron chi connectivity index (χ1n) is 18.3. The lowest BCUT2D eigenvalue weighted by Gasteiger charge is -2.39. The molecule has 2 aromatic heterocycles. The zero-order valence-corrected chi connectivity index (χ0v) is 32.7. The molecule has 0 amide bonds. The van der Waals surface area contributed by atoms with E-state index < -0.39 is 19.4 Å². The van der Waals surface area contributed by atoms with Gasteiger partial charge in [0.05, 0.1) is 0 Å². The average Bonchev–Trinajstić information content (AvgIpc) is 3.70. The smallest absolute Gasteiger partial charge is 0.387 e. The van der Waals surface area contributed by atoms with Crippen molar-refractivity contribution in [1.29, 1.82) is 0 Å². The van der Waals surface area contributed by atoms with Gasteiger partial charge in [0, 0.05) is 92.5 Å². The maximum atomic E-state index is 7.42. The lowest BCUT2D eigenvalue weighted by Crippen LogP contribution is -2.65. The van der Waals surface area contributed by atoms with E-state index in [1.807, 2.05) is 12.1 Å². The summed E-state index contributed by atoms with van der Waals surface area (Å²) in [5, 5.41) is 7.06. The fraction of sp³-hybridized carbons (Fsp3) is 0.217. The van der Waals surface area contributed by atoms with Crippen molar-refractivity contribution in [2.45, 2.75) is 26.9 Å². The number of para-hydroxylation sites is 4. The van der Waals surface area contributed by atoms with Crippen LogP contribution in [-0.2, 0) is 21.9 Å². The minimum atomic E-state index is -3.35. The molecule has 2 atom stereocenters. The molecule has 0 saturated heterocycles. The van der Waals surface area contributed by atoms with Crippen LogP contribution in [0.25, 0.3) is 43.6 Å². The first-order chi connectivity index (χ1) is 25.9. The van der Waals surface area contributed by atoms with Gasteiger partial charge in [0.2, 0.25) is 0 Å². The number of fused-ring (bicyclic) bond motifs is 6. The van der Waals surface area contributed by atoms with E-state index in [9.17, 15) is 0 Å². The molecule has 268 valence electrons. The number of benzene rings is 6. The molecule has 8 rings (SSSR count). The molecule has 0 aliphatic heterocycles. The maximum Gasteiger partial charge on any atom is 0.407 e. The van der Waals surface area contributed by atoms with Gasteiger partial charge in [-0.3, -0.25) is 0 Å². The van der Waals surface area contributed by atoms with Gasteiger partial charge < -0.3 is 18.0 Å². The Kier molecular flexibility index (Phi) is 9.96. The van der Waals surface area contributed by atoms with Crippen LogP contribution in [0.4, 0.5) is 0 Å². The molecule has 2 unspecified atom stereocenters. The van der Waals surface area contributed by atoms with Gasteiger partial charge in [0.25, 0.3) is 0 Å². The lowest BCUT2D eigenvalue weighted by atomic mass is 9.94. The molecule has 53 heavy (non-hydrogen) atoms. The summed E-state index contributed by atoms with van der Waals surface area (Å²) in [6, 6.07) is 55.4. The molecule has 4 nitrogen and oxygen atoms in total. The molecule has 0 spiro atoms.